The van der Waals surface area contributed by atoms with Crippen molar-refractivity contribution in [3.63, 3.8) is 0 Å². The van der Waals surface area contributed by atoms with Crippen molar-refractivity contribution in [2.75, 3.05) is 4.72 Å². The fraction of sp³-hybridized carbons (Fsp3) is 0.294. The molecule has 0 unspecified atom stereocenters. The van der Waals surface area contributed by atoms with Gasteiger partial charge in [0.1, 0.15) is 5.82 Å². The van der Waals surface area contributed by atoms with Gasteiger partial charge in [0.2, 0.25) is 0 Å². The first kappa shape index (κ1) is 16.5. The van der Waals surface area contributed by atoms with Gasteiger partial charge in [-0.3, -0.25) is 4.72 Å². The van der Waals surface area contributed by atoms with Gasteiger partial charge in [-0.25, -0.2) is 12.8 Å². The highest BCUT2D eigenvalue weighted by atomic mass is 32.2. The molecule has 2 aromatic carbocycles. The molecule has 5 heteroatoms. The van der Waals surface area contributed by atoms with E-state index >= 15 is 0 Å². The van der Waals surface area contributed by atoms with E-state index in [0.717, 1.165) is 17.5 Å². The Morgan fingerprint density at radius 1 is 1.14 bits per heavy atom. The second kappa shape index (κ2) is 6.48. The van der Waals surface area contributed by atoms with E-state index in [1.165, 1.54) is 12.1 Å². The average molecular weight is 321 g/mol. The van der Waals surface area contributed by atoms with E-state index < -0.39 is 15.8 Å². The molecule has 0 aliphatic carbocycles. The van der Waals surface area contributed by atoms with Gasteiger partial charge in [-0.2, -0.15) is 0 Å². The van der Waals surface area contributed by atoms with Crippen LogP contribution in [0.25, 0.3) is 0 Å². The van der Waals surface area contributed by atoms with Gasteiger partial charge in [0, 0.05) is 0 Å². The van der Waals surface area contributed by atoms with Gasteiger partial charge >= 0.3 is 0 Å². The Balaban J connectivity index is 2.28. The fourth-order valence-electron chi connectivity index (χ4n) is 2.13. The van der Waals surface area contributed by atoms with Crippen LogP contribution in [0.4, 0.5) is 10.1 Å². The predicted molar refractivity (Wildman–Crippen MR) is 87.1 cm³/mol. The average Bonchev–Trinajstić information content (AvgIpc) is 2.50. The normalized spacial score (nSPS) is 12.9. The standard InChI is InChI=1S/C17H20FNO2S/c1-4-13(3)14-6-8-15(9-7-14)22(20,21)19-17-11-12(2)5-10-16(17)18/h5-11,13,19H,4H2,1-3H3/t13-/m1/s1. The first-order valence-corrected chi connectivity index (χ1v) is 8.70. The second-order valence-corrected chi connectivity index (χ2v) is 7.15. The molecule has 0 saturated carbocycles. The summed E-state index contributed by atoms with van der Waals surface area (Å²) in [4.78, 5) is 0.125. The molecule has 0 bridgehead atoms. The molecule has 1 N–H and O–H groups in total. The minimum atomic E-state index is -3.79. The minimum absolute atomic E-state index is 0.0361. The lowest BCUT2D eigenvalue weighted by Crippen LogP contribution is -2.14. The van der Waals surface area contributed by atoms with Gasteiger partial charge in [0.05, 0.1) is 10.6 Å². The summed E-state index contributed by atoms with van der Waals surface area (Å²) in [6, 6.07) is 11.0. The van der Waals surface area contributed by atoms with Crippen LogP contribution < -0.4 is 4.72 Å². The summed E-state index contributed by atoms with van der Waals surface area (Å²) in [6.07, 6.45) is 0.985. The zero-order valence-corrected chi connectivity index (χ0v) is 13.7. The number of sulfonamides is 1. The topological polar surface area (TPSA) is 46.2 Å². The van der Waals surface area contributed by atoms with Gasteiger partial charge < -0.3 is 0 Å². The maximum absolute atomic E-state index is 13.7. The van der Waals surface area contributed by atoms with Crippen molar-refractivity contribution in [2.45, 2.75) is 38.0 Å². The number of nitrogens with one attached hydrogen (secondary N) is 1. The molecule has 0 aliphatic rings. The Kier molecular flexibility index (Phi) is 4.86. The van der Waals surface area contributed by atoms with Crippen molar-refractivity contribution in [2.24, 2.45) is 0 Å². The lowest BCUT2D eigenvalue weighted by atomic mass is 9.99. The third-order valence-electron chi connectivity index (χ3n) is 3.74. The monoisotopic (exact) mass is 321 g/mol. The summed E-state index contributed by atoms with van der Waals surface area (Å²) in [6.45, 7) is 5.94. The molecule has 0 saturated heterocycles. The summed E-state index contributed by atoms with van der Waals surface area (Å²) in [5, 5.41) is 0. The first-order chi connectivity index (χ1) is 10.3. The van der Waals surface area contributed by atoms with Crippen LogP contribution in [0.2, 0.25) is 0 Å². The Labute approximate surface area is 131 Å². The molecule has 0 aromatic heterocycles. The molecule has 2 aromatic rings. The van der Waals surface area contributed by atoms with Crippen molar-refractivity contribution in [1.29, 1.82) is 0 Å². The van der Waals surface area contributed by atoms with E-state index in [1.807, 2.05) is 0 Å². The summed E-state index contributed by atoms with van der Waals surface area (Å²) >= 11 is 0. The molecule has 0 radical (unpaired) electrons. The third kappa shape index (κ3) is 3.65. The van der Waals surface area contributed by atoms with Gasteiger partial charge in [-0.1, -0.05) is 32.0 Å². The zero-order chi connectivity index (χ0) is 16.3. The van der Waals surface area contributed by atoms with Gasteiger partial charge in [-0.05, 0) is 54.7 Å². The zero-order valence-electron chi connectivity index (χ0n) is 12.9. The van der Waals surface area contributed by atoms with Crippen LogP contribution in [0.3, 0.4) is 0 Å². The number of aryl methyl sites for hydroxylation is 1. The molecule has 0 amide bonds. The van der Waals surface area contributed by atoms with Crippen LogP contribution in [0.1, 0.15) is 37.3 Å². The van der Waals surface area contributed by atoms with Crippen molar-refractivity contribution in [1.82, 2.24) is 0 Å². The summed E-state index contributed by atoms with van der Waals surface area (Å²) in [5.74, 6) is -0.218. The van der Waals surface area contributed by atoms with E-state index in [4.69, 9.17) is 0 Å². The van der Waals surface area contributed by atoms with Crippen LogP contribution in [-0.2, 0) is 10.0 Å². The molecule has 0 aliphatic heterocycles. The summed E-state index contributed by atoms with van der Waals surface area (Å²) in [7, 11) is -3.79. The molecular weight excluding hydrogens is 301 g/mol. The molecule has 0 fully saturated rings. The maximum atomic E-state index is 13.7. The van der Waals surface area contributed by atoms with E-state index in [9.17, 15) is 12.8 Å². The van der Waals surface area contributed by atoms with E-state index in [1.54, 1.807) is 37.3 Å². The Hall–Kier alpha value is -1.88. The van der Waals surface area contributed by atoms with Gasteiger partial charge in [-0.15, -0.1) is 0 Å². The van der Waals surface area contributed by atoms with Crippen LogP contribution in [0.15, 0.2) is 47.4 Å². The maximum Gasteiger partial charge on any atom is 0.261 e. The number of halogens is 1. The molecule has 118 valence electrons. The lowest BCUT2D eigenvalue weighted by molar-refractivity contribution is 0.598. The van der Waals surface area contributed by atoms with Crippen molar-refractivity contribution in [3.05, 3.63) is 59.4 Å². The van der Waals surface area contributed by atoms with Crippen LogP contribution >= 0.6 is 0 Å². The highest BCUT2D eigenvalue weighted by molar-refractivity contribution is 7.92. The SMILES string of the molecule is CC[C@@H](C)c1ccc(S(=O)(=O)Nc2cc(C)ccc2F)cc1. The van der Waals surface area contributed by atoms with Crippen molar-refractivity contribution < 1.29 is 12.8 Å². The molecule has 22 heavy (non-hydrogen) atoms. The third-order valence-corrected chi connectivity index (χ3v) is 5.12. The number of hydrogen-bond acceptors (Lipinski definition) is 2. The van der Waals surface area contributed by atoms with Crippen molar-refractivity contribution >= 4 is 15.7 Å². The minimum Gasteiger partial charge on any atom is -0.277 e. The highest BCUT2D eigenvalue weighted by Gasteiger charge is 2.16. The first-order valence-electron chi connectivity index (χ1n) is 7.22. The highest BCUT2D eigenvalue weighted by Crippen LogP contribution is 2.23. The summed E-state index contributed by atoms with van der Waals surface area (Å²) < 4.78 is 40.7. The quantitative estimate of drug-likeness (QED) is 0.884. The molecule has 1 atom stereocenters. The number of benzene rings is 2. The number of hydrogen-bond donors (Lipinski definition) is 1. The van der Waals surface area contributed by atoms with E-state index in [0.29, 0.717) is 5.92 Å². The van der Waals surface area contributed by atoms with Gasteiger partial charge in [0.15, 0.2) is 0 Å². The van der Waals surface area contributed by atoms with Gasteiger partial charge in [0.25, 0.3) is 10.0 Å². The summed E-state index contributed by atoms with van der Waals surface area (Å²) in [5.41, 5.74) is 1.83. The van der Waals surface area contributed by atoms with Crippen LogP contribution in [0.5, 0.6) is 0 Å². The Bertz CT molecular complexity index is 755. The van der Waals surface area contributed by atoms with Crippen LogP contribution in [-0.4, -0.2) is 8.42 Å². The predicted octanol–water partition coefficient (Wildman–Crippen LogP) is 4.45. The Morgan fingerprint density at radius 2 is 1.77 bits per heavy atom. The molecule has 2 rings (SSSR count). The number of rotatable bonds is 5. The smallest absolute Gasteiger partial charge is 0.261 e. The van der Waals surface area contributed by atoms with Crippen LogP contribution in [0, 0.1) is 12.7 Å². The molecular formula is C17H20FNO2S. The molecule has 0 heterocycles. The van der Waals surface area contributed by atoms with E-state index in [2.05, 4.69) is 18.6 Å². The molecule has 0 spiro atoms. The second-order valence-electron chi connectivity index (χ2n) is 5.47. The molecule has 3 nitrogen and oxygen atoms in total. The number of anilines is 1. The van der Waals surface area contributed by atoms with E-state index in [-0.39, 0.29) is 10.6 Å². The largest absolute Gasteiger partial charge is 0.277 e. The Morgan fingerprint density at radius 3 is 2.36 bits per heavy atom. The van der Waals surface area contributed by atoms with Crippen molar-refractivity contribution in [3.8, 4) is 0 Å². The fourth-order valence-corrected chi connectivity index (χ4v) is 3.19. The lowest BCUT2D eigenvalue weighted by Gasteiger charge is -2.12.